The molecule has 5 heteroatoms. The van der Waals surface area contributed by atoms with E-state index in [-0.39, 0.29) is 12.0 Å². The summed E-state index contributed by atoms with van der Waals surface area (Å²) in [6.45, 7) is 2.37. The first-order valence-electron chi connectivity index (χ1n) is 8.34. The number of ether oxygens (including phenoxy) is 1. The number of rotatable bonds is 6. The van der Waals surface area contributed by atoms with Gasteiger partial charge in [-0.15, -0.1) is 0 Å². The summed E-state index contributed by atoms with van der Waals surface area (Å²) in [4.78, 5) is 17.7. The van der Waals surface area contributed by atoms with Crippen LogP contribution in [-0.2, 0) is 11.3 Å². The quantitative estimate of drug-likeness (QED) is 0.880. The lowest BCUT2D eigenvalue weighted by Gasteiger charge is -2.11. The molecule has 1 N–H and O–H groups in total. The lowest BCUT2D eigenvalue weighted by atomic mass is 10.0. The third-order valence-electron chi connectivity index (χ3n) is 4.24. The normalized spacial score (nSPS) is 16.1. The van der Waals surface area contributed by atoms with Gasteiger partial charge in [0.05, 0.1) is 19.4 Å². The first-order chi connectivity index (χ1) is 12.2. The molecule has 1 aliphatic heterocycles. The van der Waals surface area contributed by atoms with Crippen LogP contribution in [-0.4, -0.2) is 31.4 Å². The summed E-state index contributed by atoms with van der Waals surface area (Å²) in [6, 6.07) is 15.5. The first-order valence-corrected chi connectivity index (χ1v) is 8.34. The van der Waals surface area contributed by atoms with Gasteiger partial charge < -0.3 is 14.9 Å². The van der Waals surface area contributed by atoms with Crippen LogP contribution in [0.4, 0.5) is 0 Å². The molecular formula is C20H22N2O3. The summed E-state index contributed by atoms with van der Waals surface area (Å²) in [5, 5.41) is 7.08. The van der Waals surface area contributed by atoms with Crippen LogP contribution in [0.5, 0.6) is 5.75 Å². The maximum absolute atomic E-state index is 12.2. The SMILES string of the molecule is COc1ccc(CC2=NOC(CNC(=O)c3ccccc3C)C2)cc1. The maximum atomic E-state index is 12.2. The van der Waals surface area contributed by atoms with E-state index in [2.05, 4.69) is 10.5 Å². The predicted molar refractivity (Wildman–Crippen MR) is 97.1 cm³/mol. The Hall–Kier alpha value is -2.82. The molecule has 25 heavy (non-hydrogen) atoms. The molecule has 0 bridgehead atoms. The number of carbonyl (C=O) groups excluding carboxylic acids is 1. The molecule has 2 aromatic carbocycles. The van der Waals surface area contributed by atoms with Gasteiger partial charge in [0, 0.05) is 18.4 Å². The molecule has 1 amide bonds. The summed E-state index contributed by atoms with van der Waals surface area (Å²) < 4.78 is 5.16. The van der Waals surface area contributed by atoms with Crippen LogP contribution in [0.3, 0.4) is 0 Å². The number of nitrogens with zero attached hydrogens (tertiary/aromatic N) is 1. The minimum Gasteiger partial charge on any atom is -0.497 e. The topological polar surface area (TPSA) is 59.9 Å². The summed E-state index contributed by atoms with van der Waals surface area (Å²) >= 11 is 0. The Labute approximate surface area is 147 Å². The lowest BCUT2D eigenvalue weighted by Crippen LogP contribution is -2.32. The molecule has 0 spiro atoms. The molecule has 1 aliphatic rings. The Morgan fingerprint density at radius 1 is 1.24 bits per heavy atom. The molecule has 0 aliphatic carbocycles. The smallest absolute Gasteiger partial charge is 0.251 e. The molecule has 0 radical (unpaired) electrons. The van der Waals surface area contributed by atoms with E-state index in [9.17, 15) is 4.79 Å². The van der Waals surface area contributed by atoms with Gasteiger partial charge in [-0.1, -0.05) is 35.5 Å². The molecule has 1 heterocycles. The monoisotopic (exact) mass is 338 g/mol. The largest absolute Gasteiger partial charge is 0.497 e. The number of oxime groups is 1. The van der Waals surface area contributed by atoms with Gasteiger partial charge in [-0.25, -0.2) is 0 Å². The number of hydrogen-bond acceptors (Lipinski definition) is 4. The average molecular weight is 338 g/mol. The molecular weight excluding hydrogens is 316 g/mol. The number of aryl methyl sites for hydroxylation is 1. The number of hydrogen-bond donors (Lipinski definition) is 1. The summed E-state index contributed by atoms with van der Waals surface area (Å²) in [5.74, 6) is 0.760. The number of nitrogens with one attached hydrogen (secondary N) is 1. The summed E-state index contributed by atoms with van der Waals surface area (Å²) in [5.41, 5.74) is 3.80. The average Bonchev–Trinajstić information content (AvgIpc) is 3.08. The lowest BCUT2D eigenvalue weighted by molar-refractivity contribution is 0.0753. The van der Waals surface area contributed by atoms with E-state index in [0.717, 1.165) is 35.4 Å². The van der Waals surface area contributed by atoms with Crippen molar-refractivity contribution in [3.05, 3.63) is 65.2 Å². The number of methoxy groups -OCH3 is 1. The van der Waals surface area contributed by atoms with E-state index in [1.807, 2.05) is 55.5 Å². The molecule has 0 saturated heterocycles. The van der Waals surface area contributed by atoms with Crippen LogP contribution in [0.2, 0.25) is 0 Å². The van der Waals surface area contributed by atoms with Crippen molar-refractivity contribution in [3.63, 3.8) is 0 Å². The van der Waals surface area contributed by atoms with Crippen molar-refractivity contribution >= 4 is 11.6 Å². The van der Waals surface area contributed by atoms with Gasteiger partial charge >= 0.3 is 0 Å². The van der Waals surface area contributed by atoms with Crippen molar-refractivity contribution in [1.29, 1.82) is 0 Å². The number of amides is 1. The van der Waals surface area contributed by atoms with E-state index in [4.69, 9.17) is 9.57 Å². The highest BCUT2D eigenvalue weighted by atomic mass is 16.6. The van der Waals surface area contributed by atoms with Crippen molar-refractivity contribution in [2.24, 2.45) is 5.16 Å². The van der Waals surface area contributed by atoms with Crippen LogP contribution >= 0.6 is 0 Å². The minimum absolute atomic E-state index is 0.0784. The highest BCUT2D eigenvalue weighted by molar-refractivity contribution is 5.95. The third kappa shape index (κ3) is 4.38. The zero-order valence-corrected chi connectivity index (χ0v) is 14.5. The van der Waals surface area contributed by atoms with Crippen LogP contribution in [0.25, 0.3) is 0 Å². The van der Waals surface area contributed by atoms with Crippen LogP contribution < -0.4 is 10.1 Å². The second-order valence-electron chi connectivity index (χ2n) is 6.14. The predicted octanol–water partition coefficient (Wildman–Crippen LogP) is 3.12. The summed E-state index contributed by atoms with van der Waals surface area (Å²) in [7, 11) is 1.65. The maximum Gasteiger partial charge on any atom is 0.251 e. The van der Waals surface area contributed by atoms with Gasteiger partial charge in [-0.2, -0.15) is 0 Å². The molecule has 0 fully saturated rings. The Morgan fingerprint density at radius 3 is 2.72 bits per heavy atom. The van der Waals surface area contributed by atoms with Crippen LogP contribution in [0.1, 0.15) is 27.9 Å². The molecule has 1 unspecified atom stereocenters. The van der Waals surface area contributed by atoms with E-state index in [1.165, 1.54) is 0 Å². The molecule has 5 nitrogen and oxygen atoms in total. The third-order valence-corrected chi connectivity index (χ3v) is 4.24. The number of benzene rings is 2. The Kier molecular flexibility index (Phi) is 5.33. The fourth-order valence-electron chi connectivity index (χ4n) is 2.81. The first kappa shape index (κ1) is 17.0. The standard InChI is InChI=1S/C20H22N2O3/c1-14-5-3-4-6-19(14)20(23)21-13-18-12-16(22-25-18)11-15-7-9-17(24-2)10-8-15/h3-10,18H,11-13H2,1-2H3,(H,21,23). The van der Waals surface area contributed by atoms with Crippen molar-refractivity contribution in [1.82, 2.24) is 5.32 Å². The van der Waals surface area contributed by atoms with Crippen LogP contribution in [0, 0.1) is 6.92 Å². The van der Waals surface area contributed by atoms with Crippen molar-refractivity contribution < 1.29 is 14.4 Å². The zero-order valence-electron chi connectivity index (χ0n) is 14.5. The van der Waals surface area contributed by atoms with Gasteiger partial charge in [0.2, 0.25) is 0 Å². The van der Waals surface area contributed by atoms with E-state index < -0.39 is 0 Å². The van der Waals surface area contributed by atoms with Crippen LogP contribution in [0.15, 0.2) is 53.7 Å². The van der Waals surface area contributed by atoms with Crippen molar-refractivity contribution in [2.45, 2.75) is 25.9 Å². The Bertz CT molecular complexity index is 769. The summed E-state index contributed by atoms with van der Waals surface area (Å²) in [6.07, 6.45) is 1.35. The van der Waals surface area contributed by atoms with Crippen molar-refractivity contribution in [2.75, 3.05) is 13.7 Å². The van der Waals surface area contributed by atoms with Gasteiger partial charge in [0.1, 0.15) is 11.9 Å². The fraction of sp³-hybridized carbons (Fsp3) is 0.300. The highest BCUT2D eigenvalue weighted by Crippen LogP contribution is 2.17. The molecule has 1 atom stereocenters. The molecule has 3 rings (SSSR count). The second-order valence-corrected chi connectivity index (χ2v) is 6.14. The highest BCUT2D eigenvalue weighted by Gasteiger charge is 2.22. The van der Waals surface area contributed by atoms with Gasteiger partial charge in [0.25, 0.3) is 5.91 Å². The molecule has 2 aromatic rings. The fourth-order valence-corrected chi connectivity index (χ4v) is 2.81. The Morgan fingerprint density at radius 2 is 2.00 bits per heavy atom. The zero-order chi connectivity index (χ0) is 17.6. The van der Waals surface area contributed by atoms with E-state index in [0.29, 0.717) is 12.1 Å². The van der Waals surface area contributed by atoms with E-state index >= 15 is 0 Å². The van der Waals surface area contributed by atoms with E-state index in [1.54, 1.807) is 7.11 Å². The molecule has 0 aromatic heterocycles. The van der Waals surface area contributed by atoms with Gasteiger partial charge in [-0.3, -0.25) is 4.79 Å². The minimum atomic E-state index is -0.110. The molecule has 0 saturated carbocycles. The molecule has 130 valence electrons. The Balaban J connectivity index is 1.47. The van der Waals surface area contributed by atoms with Gasteiger partial charge in [0.15, 0.2) is 0 Å². The van der Waals surface area contributed by atoms with Crippen molar-refractivity contribution in [3.8, 4) is 5.75 Å². The van der Waals surface area contributed by atoms with Gasteiger partial charge in [-0.05, 0) is 36.2 Å². The number of carbonyl (C=O) groups is 1. The second kappa shape index (κ2) is 7.83.